The number of methoxy groups -OCH3 is 1. The van der Waals surface area contributed by atoms with E-state index in [0.29, 0.717) is 12.4 Å². The van der Waals surface area contributed by atoms with Crippen molar-refractivity contribution in [2.45, 2.75) is 20.4 Å². The zero-order valence-electron chi connectivity index (χ0n) is 11.6. The maximum Gasteiger partial charge on any atom is 0.340 e. The van der Waals surface area contributed by atoms with Gasteiger partial charge in [0.2, 0.25) is 0 Å². The van der Waals surface area contributed by atoms with E-state index in [1.807, 2.05) is 13.8 Å². The van der Waals surface area contributed by atoms with Gasteiger partial charge < -0.3 is 20.3 Å². The van der Waals surface area contributed by atoms with Gasteiger partial charge in [-0.1, -0.05) is 5.16 Å². The summed E-state index contributed by atoms with van der Waals surface area (Å²) in [6, 6.07) is 1.55. The standard InChI is InChI=1S/C13H16N4O3/c1-7-10(8(2)20-17-7)5-15-12-4-9(13(18)19-3)11(14)6-16-12/h4,6H,5,14H2,1-3H3,(H,15,16). The van der Waals surface area contributed by atoms with Crippen LogP contribution in [0.15, 0.2) is 16.8 Å². The van der Waals surface area contributed by atoms with Gasteiger partial charge in [-0.15, -0.1) is 0 Å². The Labute approximate surface area is 116 Å². The second kappa shape index (κ2) is 5.60. The average molecular weight is 276 g/mol. The lowest BCUT2D eigenvalue weighted by atomic mass is 10.2. The number of anilines is 2. The molecule has 0 atom stereocenters. The minimum Gasteiger partial charge on any atom is -0.465 e. The molecule has 2 heterocycles. The number of nitrogens with zero attached hydrogens (tertiary/aromatic N) is 2. The normalized spacial score (nSPS) is 10.3. The molecule has 0 unspecified atom stereocenters. The number of carbonyl (C=O) groups excluding carboxylic acids is 1. The van der Waals surface area contributed by atoms with Crippen LogP contribution in [0.25, 0.3) is 0 Å². The van der Waals surface area contributed by atoms with Crippen LogP contribution in [0.2, 0.25) is 0 Å². The zero-order chi connectivity index (χ0) is 14.7. The van der Waals surface area contributed by atoms with Gasteiger partial charge in [-0.25, -0.2) is 9.78 Å². The number of aryl methyl sites for hydroxylation is 2. The molecule has 0 radical (unpaired) electrons. The summed E-state index contributed by atoms with van der Waals surface area (Å²) in [5, 5.41) is 6.97. The molecule has 0 aliphatic rings. The van der Waals surface area contributed by atoms with Crippen molar-refractivity contribution in [2.75, 3.05) is 18.2 Å². The number of hydrogen-bond donors (Lipinski definition) is 2. The predicted molar refractivity (Wildman–Crippen MR) is 73.3 cm³/mol. The molecule has 2 aromatic rings. The zero-order valence-corrected chi connectivity index (χ0v) is 11.6. The fourth-order valence-electron chi connectivity index (χ4n) is 1.78. The number of nitrogens with two attached hydrogens (primary N) is 1. The molecule has 0 amide bonds. The molecule has 0 saturated heterocycles. The highest BCUT2D eigenvalue weighted by Crippen LogP contribution is 2.18. The van der Waals surface area contributed by atoms with Crippen LogP contribution in [0.4, 0.5) is 11.5 Å². The van der Waals surface area contributed by atoms with E-state index in [0.717, 1.165) is 17.0 Å². The van der Waals surface area contributed by atoms with Crippen molar-refractivity contribution in [1.29, 1.82) is 0 Å². The van der Waals surface area contributed by atoms with Gasteiger partial charge in [0.05, 0.1) is 30.3 Å². The van der Waals surface area contributed by atoms with Crippen LogP contribution in [-0.4, -0.2) is 23.2 Å². The van der Waals surface area contributed by atoms with Crippen molar-refractivity contribution < 1.29 is 14.1 Å². The minimum absolute atomic E-state index is 0.278. The summed E-state index contributed by atoms with van der Waals surface area (Å²) in [5.41, 5.74) is 8.03. The Balaban J connectivity index is 2.16. The van der Waals surface area contributed by atoms with Crippen molar-refractivity contribution in [3.8, 4) is 0 Å². The first kappa shape index (κ1) is 13.9. The van der Waals surface area contributed by atoms with E-state index < -0.39 is 5.97 Å². The van der Waals surface area contributed by atoms with E-state index in [1.54, 1.807) is 6.07 Å². The highest BCUT2D eigenvalue weighted by Gasteiger charge is 2.13. The smallest absolute Gasteiger partial charge is 0.340 e. The van der Waals surface area contributed by atoms with Crippen LogP contribution < -0.4 is 11.1 Å². The Hall–Kier alpha value is -2.57. The highest BCUT2D eigenvalue weighted by atomic mass is 16.5. The fourth-order valence-corrected chi connectivity index (χ4v) is 1.78. The van der Waals surface area contributed by atoms with Crippen LogP contribution >= 0.6 is 0 Å². The molecule has 0 spiro atoms. The molecule has 2 aromatic heterocycles. The molecular formula is C13H16N4O3. The molecular weight excluding hydrogens is 260 g/mol. The lowest BCUT2D eigenvalue weighted by Gasteiger charge is -2.08. The molecule has 3 N–H and O–H groups in total. The molecule has 106 valence electrons. The van der Waals surface area contributed by atoms with Gasteiger partial charge in [-0.3, -0.25) is 0 Å². The second-order valence-electron chi connectivity index (χ2n) is 4.30. The number of nitrogens with one attached hydrogen (secondary N) is 1. The molecule has 0 saturated carbocycles. The Kier molecular flexibility index (Phi) is 3.88. The Morgan fingerprint density at radius 2 is 2.25 bits per heavy atom. The van der Waals surface area contributed by atoms with Gasteiger partial charge in [0, 0.05) is 12.1 Å². The summed E-state index contributed by atoms with van der Waals surface area (Å²) in [7, 11) is 1.30. The van der Waals surface area contributed by atoms with Crippen molar-refractivity contribution in [3.63, 3.8) is 0 Å². The van der Waals surface area contributed by atoms with E-state index in [1.165, 1.54) is 13.3 Å². The van der Waals surface area contributed by atoms with E-state index in [9.17, 15) is 4.79 Å². The molecule has 2 rings (SSSR count). The SMILES string of the molecule is COC(=O)c1cc(NCc2c(C)noc2C)ncc1N. The third-order valence-electron chi connectivity index (χ3n) is 2.97. The molecule has 0 fully saturated rings. The first-order valence-corrected chi connectivity index (χ1v) is 6.02. The van der Waals surface area contributed by atoms with Gasteiger partial charge in [0.25, 0.3) is 0 Å². The van der Waals surface area contributed by atoms with Gasteiger partial charge in [0.15, 0.2) is 0 Å². The topological polar surface area (TPSA) is 103 Å². The van der Waals surface area contributed by atoms with E-state index >= 15 is 0 Å². The van der Waals surface area contributed by atoms with Crippen LogP contribution in [0.1, 0.15) is 27.4 Å². The number of carbonyl (C=O) groups is 1. The minimum atomic E-state index is -0.495. The first-order chi connectivity index (χ1) is 9.52. The van der Waals surface area contributed by atoms with Crippen molar-refractivity contribution in [1.82, 2.24) is 10.1 Å². The number of pyridine rings is 1. The first-order valence-electron chi connectivity index (χ1n) is 6.02. The van der Waals surface area contributed by atoms with Crippen LogP contribution in [-0.2, 0) is 11.3 Å². The molecule has 0 bridgehead atoms. The van der Waals surface area contributed by atoms with Gasteiger partial charge in [0.1, 0.15) is 11.6 Å². The summed E-state index contributed by atoms with van der Waals surface area (Å²) < 4.78 is 9.74. The molecule has 0 aliphatic heterocycles. The monoisotopic (exact) mass is 276 g/mol. The third-order valence-corrected chi connectivity index (χ3v) is 2.97. The lowest BCUT2D eigenvalue weighted by Crippen LogP contribution is -2.09. The summed E-state index contributed by atoms with van der Waals surface area (Å²) in [5.74, 6) is 0.781. The molecule has 7 heteroatoms. The Morgan fingerprint density at radius 3 is 2.85 bits per heavy atom. The predicted octanol–water partition coefficient (Wildman–Crippen LogP) is 1.67. The van der Waals surface area contributed by atoms with Crippen molar-refractivity contribution in [2.24, 2.45) is 0 Å². The quantitative estimate of drug-likeness (QED) is 0.818. The van der Waals surface area contributed by atoms with Crippen LogP contribution in [0.3, 0.4) is 0 Å². The second-order valence-corrected chi connectivity index (χ2v) is 4.30. The lowest BCUT2D eigenvalue weighted by molar-refractivity contribution is 0.0602. The van der Waals surface area contributed by atoms with E-state index in [-0.39, 0.29) is 11.3 Å². The largest absolute Gasteiger partial charge is 0.465 e. The van der Waals surface area contributed by atoms with E-state index in [2.05, 4.69) is 20.2 Å². The van der Waals surface area contributed by atoms with Gasteiger partial charge in [-0.05, 0) is 19.9 Å². The molecule has 20 heavy (non-hydrogen) atoms. The van der Waals surface area contributed by atoms with E-state index in [4.69, 9.17) is 10.3 Å². The highest BCUT2D eigenvalue weighted by molar-refractivity contribution is 5.95. The van der Waals surface area contributed by atoms with Crippen LogP contribution in [0, 0.1) is 13.8 Å². The third kappa shape index (κ3) is 2.71. The number of nitrogen functional groups attached to an aromatic ring is 1. The van der Waals surface area contributed by atoms with Gasteiger partial charge in [-0.2, -0.15) is 0 Å². The fraction of sp³-hybridized carbons (Fsp3) is 0.308. The average Bonchev–Trinajstić information content (AvgIpc) is 2.76. The molecule has 7 nitrogen and oxygen atoms in total. The maximum absolute atomic E-state index is 11.5. The number of hydrogen-bond acceptors (Lipinski definition) is 7. The number of esters is 1. The van der Waals surface area contributed by atoms with Crippen molar-refractivity contribution >= 4 is 17.5 Å². The summed E-state index contributed by atoms with van der Waals surface area (Å²) >= 11 is 0. The van der Waals surface area contributed by atoms with Crippen LogP contribution in [0.5, 0.6) is 0 Å². The summed E-state index contributed by atoms with van der Waals surface area (Å²) in [4.78, 5) is 15.7. The Bertz CT molecular complexity index is 617. The van der Waals surface area contributed by atoms with Gasteiger partial charge >= 0.3 is 5.97 Å². The Morgan fingerprint density at radius 1 is 1.50 bits per heavy atom. The number of ether oxygens (including phenoxy) is 1. The molecule has 0 aromatic carbocycles. The number of rotatable bonds is 4. The molecule has 0 aliphatic carbocycles. The summed E-state index contributed by atoms with van der Waals surface area (Å²) in [6.45, 7) is 4.20. The summed E-state index contributed by atoms with van der Waals surface area (Å²) in [6.07, 6.45) is 1.42. The number of aromatic nitrogens is 2. The maximum atomic E-state index is 11.5. The van der Waals surface area contributed by atoms with Crippen molar-refractivity contribution in [3.05, 3.63) is 34.8 Å².